The number of hydrogen-bond acceptors (Lipinski definition) is 4. The van der Waals surface area contributed by atoms with Crippen LogP contribution in [0.3, 0.4) is 0 Å². The first-order chi connectivity index (χ1) is 7.40. The van der Waals surface area contributed by atoms with Gasteiger partial charge in [0.2, 0.25) is 5.88 Å². The van der Waals surface area contributed by atoms with Gasteiger partial charge in [-0.2, -0.15) is 4.98 Å². The van der Waals surface area contributed by atoms with E-state index < -0.39 is 6.09 Å². The van der Waals surface area contributed by atoms with Gasteiger partial charge in [-0.3, -0.25) is 4.79 Å². The van der Waals surface area contributed by atoms with Gasteiger partial charge >= 0.3 is 6.09 Å². The first kappa shape index (κ1) is 12.2. The van der Waals surface area contributed by atoms with E-state index >= 15 is 0 Å². The molecule has 1 aromatic rings. The maximum atomic E-state index is 11.3. The van der Waals surface area contributed by atoms with E-state index in [0.717, 1.165) is 6.07 Å². The highest BCUT2D eigenvalue weighted by molar-refractivity contribution is 5.69. The minimum absolute atomic E-state index is 0.0196. The summed E-state index contributed by atoms with van der Waals surface area (Å²) < 4.78 is 4.90. The molecule has 0 aliphatic rings. The van der Waals surface area contributed by atoms with Crippen molar-refractivity contribution in [3.8, 4) is 5.88 Å². The van der Waals surface area contributed by atoms with Crippen LogP contribution >= 0.6 is 0 Å². The Balaban J connectivity index is 2.97. The van der Waals surface area contributed by atoms with Gasteiger partial charge in [0.1, 0.15) is 5.82 Å². The zero-order valence-electron chi connectivity index (χ0n) is 9.77. The third-order valence-electron chi connectivity index (χ3n) is 1.84. The monoisotopic (exact) mass is 225 g/mol. The number of H-pyrrole nitrogens is 1. The Morgan fingerprint density at radius 2 is 2.12 bits per heavy atom. The van der Waals surface area contributed by atoms with Crippen molar-refractivity contribution in [2.75, 3.05) is 14.1 Å². The van der Waals surface area contributed by atoms with E-state index in [1.54, 1.807) is 14.1 Å². The number of ether oxygens (including phenoxy) is 1. The molecular formula is C10H15N3O3. The van der Waals surface area contributed by atoms with Crippen LogP contribution in [0, 0.1) is 0 Å². The molecule has 0 fully saturated rings. The third-order valence-corrected chi connectivity index (χ3v) is 1.84. The molecule has 88 valence electrons. The number of nitrogens with one attached hydrogen (secondary N) is 1. The molecule has 0 bridgehead atoms. The summed E-state index contributed by atoms with van der Waals surface area (Å²) in [6.45, 7) is 3.77. The van der Waals surface area contributed by atoms with Crippen molar-refractivity contribution in [2.45, 2.75) is 19.8 Å². The fourth-order valence-corrected chi connectivity index (χ4v) is 0.960. The second kappa shape index (κ2) is 4.78. The van der Waals surface area contributed by atoms with E-state index in [2.05, 4.69) is 9.97 Å². The van der Waals surface area contributed by atoms with Gasteiger partial charge in [0.05, 0.1) is 6.07 Å². The minimum atomic E-state index is -0.562. The zero-order valence-corrected chi connectivity index (χ0v) is 9.77. The Kier molecular flexibility index (Phi) is 3.65. The fraction of sp³-hybridized carbons (Fsp3) is 0.500. The van der Waals surface area contributed by atoms with Gasteiger partial charge < -0.3 is 14.6 Å². The van der Waals surface area contributed by atoms with Crippen molar-refractivity contribution in [2.24, 2.45) is 0 Å². The van der Waals surface area contributed by atoms with Crippen LogP contribution in [0.15, 0.2) is 10.9 Å². The highest BCUT2D eigenvalue weighted by atomic mass is 16.6. The Labute approximate surface area is 93.3 Å². The number of amides is 1. The van der Waals surface area contributed by atoms with E-state index in [0.29, 0.717) is 5.82 Å². The van der Waals surface area contributed by atoms with Gasteiger partial charge in [0.15, 0.2) is 0 Å². The van der Waals surface area contributed by atoms with Crippen LogP contribution in [0.25, 0.3) is 0 Å². The SMILES string of the molecule is CC(C)c1nc(OC(=O)N(C)C)cc(=O)[nH]1. The predicted octanol–water partition coefficient (Wildman–Crippen LogP) is 0.954. The van der Waals surface area contributed by atoms with Gasteiger partial charge in [0, 0.05) is 20.0 Å². The van der Waals surface area contributed by atoms with Crippen LogP contribution in [0.2, 0.25) is 0 Å². The van der Waals surface area contributed by atoms with E-state index in [4.69, 9.17) is 4.74 Å². The lowest BCUT2D eigenvalue weighted by Gasteiger charge is -2.11. The number of hydrogen-bond donors (Lipinski definition) is 1. The lowest BCUT2D eigenvalue weighted by Crippen LogP contribution is -2.26. The van der Waals surface area contributed by atoms with Gasteiger partial charge in [-0.1, -0.05) is 13.8 Å². The molecule has 1 N–H and O–H groups in total. The molecule has 0 saturated carbocycles. The molecule has 0 aliphatic heterocycles. The quantitative estimate of drug-likeness (QED) is 0.813. The van der Waals surface area contributed by atoms with Crippen LogP contribution in [0.5, 0.6) is 5.88 Å². The van der Waals surface area contributed by atoms with E-state index in [9.17, 15) is 9.59 Å². The summed E-state index contributed by atoms with van der Waals surface area (Å²) in [5.41, 5.74) is -0.333. The van der Waals surface area contributed by atoms with E-state index in [1.165, 1.54) is 4.90 Å². The van der Waals surface area contributed by atoms with Crippen LogP contribution in [-0.4, -0.2) is 35.1 Å². The summed E-state index contributed by atoms with van der Waals surface area (Å²) in [5, 5.41) is 0. The van der Waals surface area contributed by atoms with Crippen LogP contribution in [0.1, 0.15) is 25.6 Å². The van der Waals surface area contributed by atoms with Crippen molar-refractivity contribution in [3.05, 3.63) is 22.2 Å². The second-order valence-corrected chi connectivity index (χ2v) is 3.89. The van der Waals surface area contributed by atoms with Crippen LogP contribution in [-0.2, 0) is 0 Å². The fourth-order valence-electron chi connectivity index (χ4n) is 0.960. The number of nitrogens with zero attached hydrogens (tertiary/aromatic N) is 2. The molecule has 0 aliphatic carbocycles. The zero-order chi connectivity index (χ0) is 12.3. The molecule has 0 spiro atoms. The standard InChI is InChI=1S/C10H15N3O3/c1-6(2)9-11-7(14)5-8(12-9)16-10(15)13(3)4/h5-6H,1-4H3,(H,11,12,14). The smallest absolute Gasteiger partial charge is 0.391 e. The second-order valence-electron chi connectivity index (χ2n) is 3.89. The van der Waals surface area contributed by atoms with Gasteiger partial charge in [0.25, 0.3) is 5.56 Å². The lowest BCUT2D eigenvalue weighted by molar-refractivity contribution is 0.169. The van der Waals surface area contributed by atoms with Crippen molar-refractivity contribution in [3.63, 3.8) is 0 Å². The summed E-state index contributed by atoms with van der Waals surface area (Å²) in [6.07, 6.45) is -0.562. The molecule has 1 aromatic heterocycles. The summed E-state index contributed by atoms with van der Waals surface area (Å²) in [5.74, 6) is 0.575. The molecule has 0 aromatic carbocycles. The number of carbonyl (C=O) groups excluding carboxylic acids is 1. The average molecular weight is 225 g/mol. The van der Waals surface area contributed by atoms with E-state index in [-0.39, 0.29) is 17.4 Å². The Hall–Kier alpha value is -1.85. The van der Waals surface area contributed by atoms with E-state index in [1.807, 2.05) is 13.8 Å². The number of aromatic amines is 1. The number of aromatic nitrogens is 2. The molecule has 6 nitrogen and oxygen atoms in total. The predicted molar refractivity (Wildman–Crippen MR) is 58.7 cm³/mol. The van der Waals surface area contributed by atoms with Crippen molar-refractivity contribution >= 4 is 6.09 Å². The highest BCUT2D eigenvalue weighted by Crippen LogP contribution is 2.10. The maximum Gasteiger partial charge on any atom is 0.416 e. The molecule has 1 amide bonds. The first-order valence-electron chi connectivity index (χ1n) is 4.90. The van der Waals surface area contributed by atoms with Gasteiger partial charge in [-0.25, -0.2) is 4.79 Å². The molecule has 1 heterocycles. The molecular weight excluding hydrogens is 210 g/mol. The van der Waals surface area contributed by atoms with Crippen molar-refractivity contribution < 1.29 is 9.53 Å². The highest BCUT2D eigenvalue weighted by Gasteiger charge is 2.11. The molecule has 0 atom stereocenters. The van der Waals surface area contributed by atoms with Crippen molar-refractivity contribution in [1.29, 1.82) is 0 Å². The molecule has 0 saturated heterocycles. The average Bonchev–Trinajstić information content (AvgIpc) is 2.16. The number of rotatable bonds is 2. The summed E-state index contributed by atoms with van der Waals surface area (Å²) >= 11 is 0. The van der Waals surface area contributed by atoms with Crippen molar-refractivity contribution in [1.82, 2.24) is 14.9 Å². The minimum Gasteiger partial charge on any atom is -0.391 e. The largest absolute Gasteiger partial charge is 0.416 e. The Morgan fingerprint density at radius 1 is 1.50 bits per heavy atom. The van der Waals surface area contributed by atoms with Crippen LogP contribution < -0.4 is 10.3 Å². The first-order valence-corrected chi connectivity index (χ1v) is 4.90. The van der Waals surface area contributed by atoms with Gasteiger partial charge in [-0.15, -0.1) is 0 Å². The topological polar surface area (TPSA) is 75.3 Å². The summed E-state index contributed by atoms with van der Waals surface area (Å²) in [6, 6.07) is 1.15. The van der Waals surface area contributed by atoms with Gasteiger partial charge in [-0.05, 0) is 0 Å². The molecule has 0 radical (unpaired) electrons. The summed E-state index contributed by atoms with van der Waals surface area (Å²) in [7, 11) is 3.11. The summed E-state index contributed by atoms with van der Waals surface area (Å²) in [4.78, 5) is 30.4. The molecule has 1 rings (SSSR count). The normalized spacial score (nSPS) is 10.3. The Bertz CT molecular complexity index is 437. The lowest BCUT2D eigenvalue weighted by atomic mass is 10.2. The number of carbonyl (C=O) groups is 1. The Morgan fingerprint density at radius 3 is 2.62 bits per heavy atom. The molecule has 0 unspecified atom stereocenters. The third kappa shape index (κ3) is 3.08. The van der Waals surface area contributed by atoms with Crippen LogP contribution in [0.4, 0.5) is 4.79 Å². The molecule has 6 heteroatoms. The molecule has 16 heavy (non-hydrogen) atoms. The maximum absolute atomic E-state index is 11.3.